The summed E-state index contributed by atoms with van der Waals surface area (Å²) < 4.78 is 4.85. The molecule has 1 heterocycles. The standard InChI is InChI=1S/C8H10N2O2/c1-3-7(11)8-9-4-6(12-2)5-10-8/h4-5H,3H2,1-2H3. The van der Waals surface area contributed by atoms with Crippen LogP contribution in [-0.4, -0.2) is 22.9 Å². The molecule has 0 aromatic carbocycles. The van der Waals surface area contributed by atoms with E-state index >= 15 is 0 Å². The van der Waals surface area contributed by atoms with Crippen LogP contribution in [0.25, 0.3) is 0 Å². The molecule has 0 saturated heterocycles. The summed E-state index contributed by atoms with van der Waals surface area (Å²) in [6, 6.07) is 0. The van der Waals surface area contributed by atoms with E-state index in [1.807, 2.05) is 0 Å². The molecule has 0 radical (unpaired) electrons. The Balaban J connectivity index is 2.84. The Hall–Kier alpha value is -1.45. The molecular weight excluding hydrogens is 156 g/mol. The van der Waals surface area contributed by atoms with E-state index in [2.05, 4.69) is 9.97 Å². The van der Waals surface area contributed by atoms with Crippen LogP contribution < -0.4 is 4.74 Å². The summed E-state index contributed by atoms with van der Waals surface area (Å²) in [5.74, 6) is 0.749. The van der Waals surface area contributed by atoms with Crippen molar-refractivity contribution in [3.05, 3.63) is 18.2 Å². The molecule has 0 fully saturated rings. The number of hydrogen-bond donors (Lipinski definition) is 0. The predicted octanol–water partition coefficient (Wildman–Crippen LogP) is 1.08. The number of methoxy groups -OCH3 is 1. The van der Waals surface area contributed by atoms with Crippen molar-refractivity contribution in [2.45, 2.75) is 13.3 Å². The van der Waals surface area contributed by atoms with Gasteiger partial charge in [-0.05, 0) is 0 Å². The Morgan fingerprint density at radius 1 is 1.50 bits per heavy atom. The van der Waals surface area contributed by atoms with Crippen LogP contribution in [0.15, 0.2) is 12.4 Å². The van der Waals surface area contributed by atoms with Gasteiger partial charge in [0, 0.05) is 6.42 Å². The Bertz CT molecular complexity index is 269. The summed E-state index contributed by atoms with van der Waals surface area (Å²) >= 11 is 0. The highest BCUT2D eigenvalue weighted by Gasteiger charge is 2.05. The van der Waals surface area contributed by atoms with E-state index in [9.17, 15) is 4.79 Å². The first-order chi connectivity index (χ1) is 5.77. The summed E-state index contributed by atoms with van der Waals surface area (Å²) in [6.07, 6.45) is 3.39. The quantitative estimate of drug-likeness (QED) is 0.630. The molecule has 1 aromatic rings. The van der Waals surface area contributed by atoms with Crippen LogP contribution in [0, 0.1) is 0 Å². The smallest absolute Gasteiger partial charge is 0.199 e. The predicted molar refractivity (Wildman–Crippen MR) is 43.2 cm³/mol. The van der Waals surface area contributed by atoms with Crippen molar-refractivity contribution in [1.29, 1.82) is 0 Å². The van der Waals surface area contributed by atoms with Gasteiger partial charge in [-0.3, -0.25) is 4.79 Å². The number of hydrogen-bond acceptors (Lipinski definition) is 4. The lowest BCUT2D eigenvalue weighted by molar-refractivity contribution is 0.0978. The summed E-state index contributed by atoms with van der Waals surface area (Å²) in [4.78, 5) is 18.7. The molecule has 0 spiro atoms. The van der Waals surface area contributed by atoms with Gasteiger partial charge in [0.1, 0.15) is 0 Å². The topological polar surface area (TPSA) is 52.1 Å². The fourth-order valence-electron chi connectivity index (χ4n) is 0.724. The second kappa shape index (κ2) is 3.80. The number of rotatable bonds is 3. The number of ether oxygens (including phenoxy) is 1. The van der Waals surface area contributed by atoms with Gasteiger partial charge < -0.3 is 4.74 Å². The minimum Gasteiger partial charge on any atom is -0.494 e. The maximum atomic E-state index is 11.0. The Labute approximate surface area is 70.6 Å². The monoisotopic (exact) mass is 166 g/mol. The van der Waals surface area contributed by atoms with Crippen molar-refractivity contribution < 1.29 is 9.53 Å². The van der Waals surface area contributed by atoms with E-state index in [1.54, 1.807) is 6.92 Å². The first-order valence-electron chi connectivity index (χ1n) is 3.67. The molecule has 0 aliphatic rings. The number of carbonyl (C=O) groups excluding carboxylic acids is 1. The molecule has 0 unspecified atom stereocenters. The Morgan fingerprint density at radius 2 is 2.08 bits per heavy atom. The zero-order valence-electron chi connectivity index (χ0n) is 7.07. The van der Waals surface area contributed by atoms with Gasteiger partial charge >= 0.3 is 0 Å². The molecule has 0 amide bonds. The summed E-state index contributed by atoms with van der Waals surface area (Å²) in [5, 5.41) is 0. The fourth-order valence-corrected chi connectivity index (χ4v) is 0.724. The van der Waals surface area contributed by atoms with E-state index in [1.165, 1.54) is 19.5 Å². The lowest BCUT2D eigenvalue weighted by atomic mass is 10.3. The van der Waals surface area contributed by atoms with Crippen molar-refractivity contribution in [3.8, 4) is 5.75 Å². The minimum atomic E-state index is -0.0577. The first-order valence-corrected chi connectivity index (χ1v) is 3.67. The SMILES string of the molecule is CCC(=O)c1ncc(OC)cn1. The van der Waals surface area contributed by atoms with Crippen molar-refractivity contribution in [1.82, 2.24) is 9.97 Å². The molecule has 1 rings (SSSR count). The molecular formula is C8H10N2O2. The minimum absolute atomic E-state index is 0.0577. The molecule has 0 N–H and O–H groups in total. The van der Waals surface area contributed by atoms with Gasteiger partial charge in [0.2, 0.25) is 0 Å². The second-order valence-electron chi connectivity index (χ2n) is 2.22. The molecule has 12 heavy (non-hydrogen) atoms. The van der Waals surface area contributed by atoms with E-state index in [4.69, 9.17) is 4.74 Å². The van der Waals surface area contributed by atoms with E-state index < -0.39 is 0 Å². The summed E-state index contributed by atoms with van der Waals surface area (Å²) in [5.41, 5.74) is 0. The molecule has 1 aromatic heterocycles. The third-order valence-corrected chi connectivity index (χ3v) is 1.43. The van der Waals surface area contributed by atoms with Crippen molar-refractivity contribution in [3.63, 3.8) is 0 Å². The average molecular weight is 166 g/mol. The average Bonchev–Trinajstić information content (AvgIpc) is 2.17. The van der Waals surface area contributed by atoms with Crippen LogP contribution in [0.5, 0.6) is 5.75 Å². The molecule has 64 valence electrons. The van der Waals surface area contributed by atoms with Crippen molar-refractivity contribution in [2.24, 2.45) is 0 Å². The van der Waals surface area contributed by atoms with E-state index in [0.29, 0.717) is 12.2 Å². The number of ketones is 1. The number of aromatic nitrogens is 2. The van der Waals surface area contributed by atoms with Crippen LogP contribution in [0.4, 0.5) is 0 Å². The molecule has 0 atom stereocenters. The van der Waals surface area contributed by atoms with E-state index in [0.717, 1.165) is 0 Å². The van der Waals surface area contributed by atoms with Gasteiger partial charge in [0.25, 0.3) is 0 Å². The van der Waals surface area contributed by atoms with Crippen LogP contribution in [0.1, 0.15) is 24.0 Å². The fraction of sp³-hybridized carbons (Fsp3) is 0.375. The number of nitrogens with zero attached hydrogens (tertiary/aromatic N) is 2. The second-order valence-corrected chi connectivity index (χ2v) is 2.22. The maximum Gasteiger partial charge on any atom is 0.199 e. The summed E-state index contributed by atoms with van der Waals surface area (Å²) in [6.45, 7) is 1.77. The normalized spacial score (nSPS) is 9.50. The Morgan fingerprint density at radius 3 is 2.50 bits per heavy atom. The molecule has 0 bridgehead atoms. The van der Waals surface area contributed by atoms with Crippen LogP contribution in [0.3, 0.4) is 0 Å². The van der Waals surface area contributed by atoms with E-state index in [-0.39, 0.29) is 11.6 Å². The third-order valence-electron chi connectivity index (χ3n) is 1.43. The zero-order chi connectivity index (χ0) is 8.97. The first kappa shape index (κ1) is 8.64. The lowest BCUT2D eigenvalue weighted by Gasteiger charge is -1.98. The Kier molecular flexibility index (Phi) is 2.74. The number of carbonyl (C=O) groups is 1. The van der Waals surface area contributed by atoms with Gasteiger partial charge in [-0.15, -0.1) is 0 Å². The van der Waals surface area contributed by atoms with Crippen LogP contribution in [-0.2, 0) is 0 Å². The van der Waals surface area contributed by atoms with Gasteiger partial charge in [-0.1, -0.05) is 6.92 Å². The van der Waals surface area contributed by atoms with Crippen LogP contribution in [0.2, 0.25) is 0 Å². The van der Waals surface area contributed by atoms with Gasteiger partial charge in [-0.25, -0.2) is 9.97 Å². The largest absolute Gasteiger partial charge is 0.494 e. The highest BCUT2D eigenvalue weighted by molar-refractivity contribution is 5.92. The lowest BCUT2D eigenvalue weighted by Crippen LogP contribution is -2.03. The molecule has 4 nitrogen and oxygen atoms in total. The highest BCUT2D eigenvalue weighted by atomic mass is 16.5. The third kappa shape index (κ3) is 1.78. The van der Waals surface area contributed by atoms with Crippen molar-refractivity contribution >= 4 is 5.78 Å². The maximum absolute atomic E-state index is 11.0. The zero-order valence-corrected chi connectivity index (χ0v) is 7.07. The highest BCUT2D eigenvalue weighted by Crippen LogP contribution is 2.05. The number of Topliss-reactive ketones (excluding diaryl/α,β-unsaturated/α-hetero) is 1. The molecule has 0 saturated carbocycles. The molecule has 4 heteroatoms. The molecule has 0 aliphatic heterocycles. The van der Waals surface area contributed by atoms with Gasteiger partial charge in [0.05, 0.1) is 19.5 Å². The summed E-state index contributed by atoms with van der Waals surface area (Å²) in [7, 11) is 1.53. The van der Waals surface area contributed by atoms with Gasteiger partial charge in [0.15, 0.2) is 17.4 Å². The molecule has 0 aliphatic carbocycles. The van der Waals surface area contributed by atoms with Crippen LogP contribution >= 0.6 is 0 Å². The van der Waals surface area contributed by atoms with Crippen molar-refractivity contribution in [2.75, 3.05) is 7.11 Å². The van der Waals surface area contributed by atoms with Gasteiger partial charge in [-0.2, -0.15) is 0 Å².